The van der Waals surface area contributed by atoms with Crippen LogP contribution in [0.25, 0.3) is 0 Å². The van der Waals surface area contributed by atoms with Crippen molar-refractivity contribution in [2.75, 3.05) is 41.9 Å². The van der Waals surface area contributed by atoms with Gasteiger partial charge in [0.05, 0.1) is 42.7 Å². The quantitative estimate of drug-likeness (QED) is 0.172. The van der Waals surface area contributed by atoms with Crippen molar-refractivity contribution in [2.45, 2.75) is 123 Å². The first-order chi connectivity index (χ1) is 24.9. The summed E-state index contributed by atoms with van der Waals surface area (Å²) in [4.78, 5) is 72.5. The third-order valence-corrected chi connectivity index (χ3v) is 10.8. The molecule has 1 unspecified atom stereocenters. The minimum absolute atomic E-state index is 0.0104. The molecule has 0 aliphatic carbocycles. The Morgan fingerprint density at radius 3 is 2.02 bits per heavy atom. The molecule has 1 heterocycles. The SMILES string of the molecule is CCC(C)[C@H]([C@@H](CC(=O)N1CCC[C@H]1[C@@H](OC)[C@@H](C)C(=O)N[C@H](Cc1ccccc1)C(=O)O)OC)N(C)C(=O)[C@H](NC(=O)[C@H](C(C)C)N(C)C)C(C)C. The summed E-state index contributed by atoms with van der Waals surface area (Å²) in [6.07, 6.45) is 0.820. The fourth-order valence-corrected chi connectivity index (χ4v) is 7.76. The summed E-state index contributed by atoms with van der Waals surface area (Å²) in [5, 5.41) is 15.6. The summed E-state index contributed by atoms with van der Waals surface area (Å²) < 4.78 is 11.9. The average molecular weight is 746 g/mol. The van der Waals surface area contributed by atoms with Crippen LogP contribution in [0.3, 0.4) is 0 Å². The van der Waals surface area contributed by atoms with E-state index in [1.165, 1.54) is 14.2 Å². The maximum absolute atomic E-state index is 14.2. The fourth-order valence-electron chi connectivity index (χ4n) is 7.76. The molecular weight excluding hydrogens is 678 g/mol. The van der Waals surface area contributed by atoms with Gasteiger partial charge in [0.2, 0.25) is 23.6 Å². The fraction of sp³-hybridized carbons (Fsp3) is 0.725. The Hall–Kier alpha value is -3.55. The minimum Gasteiger partial charge on any atom is -0.480 e. The first kappa shape index (κ1) is 45.6. The molecule has 1 fully saturated rings. The smallest absolute Gasteiger partial charge is 0.326 e. The van der Waals surface area contributed by atoms with E-state index in [4.69, 9.17) is 9.47 Å². The van der Waals surface area contributed by atoms with Crippen LogP contribution in [0.15, 0.2) is 30.3 Å². The van der Waals surface area contributed by atoms with Gasteiger partial charge in [-0.3, -0.25) is 24.1 Å². The number of carbonyl (C=O) groups is 5. The number of amides is 4. The van der Waals surface area contributed by atoms with Gasteiger partial charge in [-0.25, -0.2) is 4.79 Å². The highest BCUT2D eigenvalue weighted by Gasteiger charge is 2.43. The molecule has 9 atom stereocenters. The lowest BCUT2D eigenvalue weighted by Gasteiger charge is -2.41. The zero-order valence-corrected chi connectivity index (χ0v) is 34.1. The lowest BCUT2D eigenvalue weighted by molar-refractivity contribution is -0.148. The molecule has 13 nitrogen and oxygen atoms in total. The molecule has 0 spiro atoms. The van der Waals surface area contributed by atoms with Crippen molar-refractivity contribution in [3.8, 4) is 0 Å². The summed E-state index contributed by atoms with van der Waals surface area (Å²) >= 11 is 0. The lowest BCUT2D eigenvalue weighted by atomic mass is 9.89. The normalized spacial score (nSPS) is 19.2. The molecular formula is C40H67N5O8. The Kier molecular flexibility index (Phi) is 18.4. The van der Waals surface area contributed by atoms with Gasteiger partial charge in [-0.2, -0.15) is 0 Å². The van der Waals surface area contributed by atoms with Crippen molar-refractivity contribution in [3.05, 3.63) is 35.9 Å². The van der Waals surface area contributed by atoms with Crippen LogP contribution in [0.4, 0.5) is 0 Å². The molecule has 0 bridgehead atoms. The number of carbonyl (C=O) groups excluding carboxylic acids is 4. The van der Waals surface area contributed by atoms with Crippen LogP contribution >= 0.6 is 0 Å². The van der Waals surface area contributed by atoms with E-state index in [9.17, 15) is 29.1 Å². The van der Waals surface area contributed by atoms with E-state index < -0.39 is 60.2 Å². The van der Waals surface area contributed by atoms with Crippen LogP contribution in [0.2, 0.25) is 0 Å². The van der Waals surface area contributed by atoms with Crippen molar-refractivity contribution in [1.82, 2.24) is 25.3 Å². The van der Waals surface area contributed by atoms with Crippen LogP contribution < -0.4 is 10.6 Å². The van der Waals surface area contributed by atoms with Gasteiger partial charge in [0.1, 0.15) is 12.1 Å². The molecule has 2 rings (SSSR count). The highest BCUT2D eigenvalue weighted by atomic mass is 16.5. The second-order valence-corrected chi connectivity index (χ2v) is 15.6. The first-order valence-electron chi connectivity index (χ1n) is 19.1. The van der Waals surface area contributed by atoms with Gasteiger partial charge in [-0.05, 0) is 50.3 Å². The van der Waals surface area contributed by atoms with E-state index in [1.807, 2.05) is 90.9 Å². The topological polar surface area (TPSA) is 158 Å². The Balaban J connectivity index is 2.27. The van der Waals surface area contributed by atoms with Crippen LogP contribution in [-0.4, -0.2) is 134 Å². The number of nitrogens with zero attached hydrogens (tertiary/aromatic N) is 3. The standard InChI is InChI=1S/C40H67N5O8/c1-13-26(6)35(44(10)39(49)33(24(2)3)42-38(48)34(25(4)5)43(8)9)31(52-11)23-32(46)45-21-17-20-30(45)36(53-12)27(7)37(47)41-29(40(50)51)22-28-18-15-14-16-19-28/h14-16,18-19,24-27,29-31,33-36H,13,17,20-23H2,1-12H3,(H,41,47)(H,42,48)(H,50,51)/t26?,27-,29-,30+,31-,33-,34+,35-,36+/m1/s1. The van der Waals surface area contributed by atoms with Crippen molar-refractivity contribution < 1.29 is 38.6 Å². The molecule has 13 heteroatoms. The van der Waals surface area contributed by atoms with E-state index in [-0.39, 0.29) is 48.3 Å². The van der Waals surface area contributed by atoms with Crippen LogP contribution in [0.1, 0.15) is 79.7 Å². The summed E-state index contributed by atoms with van der Waals surface area (Å²) in [6.45, 7) is 13.9. The maximum atomic E-state index is 14.2. The number of carboxylic acid groups (broad SMARTS) is 1. The van der Waals surface area contributed by atoms with Crippen molar-refractivity contribution in [2.24, 2.45) is 23.7 Å². The molecule has 4 amide bonds. The number of nitrogens with one attached hydrogen (secondary N) is 2. The Bertz CT molecular complexity index is 1330. The van der Waals surface area contributed by atoms with E-state index in [1.54, 1.807) is 23.8 Å². The second-order valence-electron chi connectivity index (χ2n) is 15.6. The molecule has 53 heavy (non-hydrogen) atoms. The summed E-state index contributed by atoms with van der Waals surface area (Å²) in [5.74, 6) is -3.21. The third kappa shape index (κ3) is 12.2. The van der Waals surface area contributed by atoms with Crippen molar-refractivity contribution >= 4 is 29.6 Å². The lowest BCUT2D eigenvalue weighted by Crippen LogP contribution is -2.59. The molecule has 1 aliphatic heterocycles. The highest BCUT2D eigenvalue weighted by molar-refractivity contribution is 5.90. The number of aliphatic carboxylic acids is 1. The molecule has 1 aliphatic rings. The Labute approximate surface area is 317 Å². The molecule has 0 aromatic heterocycles. The first-order valence-corrected chi connectivity index (χ1v) is 19.1. The van der Waals surface area contributed by atoms with Crippen molar-refractivity contribution in [3.63, 3.8) is 0 Å². The number of ether oxygens (including phenoxy) is 2. The van der Waals surface area contributed by atoms with Gasteiger partial charge >= 0.3 is 5.97 Å². The number of methoxy groups -OCH3 is 2. The molecule has 1 aromatic rings. The minimum atomic E-state index is -1.14. The average Bonchev–Trinajstić information content (AvgIpc) is 3.59. The van der Waals surface area contributed by atoms with Gasteiger partial charge in [-0.1, -0.05) is 85.2 Å². The third-order valence-electron chi connectivity index (χ3n) is 10.8. The maximum Gasteiger partial charge on any atom is 0.326 e. The van der Waals surface area contributed by atoms with E-state index in [0.29, 0.717) is 19.4 Å². The number of rotatable bonds is 21. The number of likely N-dealkylation sites (tertiary alicyclic amines) is 1. The number of benzene rings is 1. The van der Waals surface area contributed by atoms with Gasteiger partial charge in [0.25, 0.3) is 0 Å². The molecule has 300 valence electrons. The van der Waals surface area contributed by atoms with Crippen LogP contribution in [0.5, 0.6) is 0 Å². The zero-order chi connectivity index (χ0) is 40.2. The van der Waals surface area contributed by atoms with Gasteiger partial charge in [-0.15, -0.1) is 0 Å². The molecule has 0 radical (unpaired) electrons. The highest BCUT2D eigenvalue weighted by Crippen LogP contribution is 2.30. The molecule has 0 saturated carbocycles. The molecule has 1 aromatic carbocycles. The van der Waals surface area contributed by atoms with E-state index in [2.05, 4.69) is 10.6 Å². The van der Waals surface area contributed by atoms with Crippen molar-refractivity contribution in [1.29, 1.82) is 0 Å². The van der Waals surface area contributed by atoms with Crippen LogP contribution in [0, 0.1) is 23.7 Å². The summed E-state index contributed by atoms with van der Waals surface area (Å²) in [5.41, 5.74) is 0.785. The largest absolute Gasteiger partial charge is 0.480 e. The monoisotopic (exact) mass is 745 g/mol. The molecule has 3 N–H and O–H groups in total. The zero-order valence-electron chi connectivity index (χ0n) is 34.1. The van der Waals surface area contributed by atoms with Crippen LogP contribution in [-0.2, 0) is 39.9 Å². The van der Waals surface area contributed by atoms with Gasteiger partial charge < -0.3 is 35.0 Å². The van der Waals surface area contributed by atoms with E-state index >= 15 is 0 Å². The van der Waals surface area contributed by atoms with Gasteiger partial charge in [0, 0.05) is 34.2 Å². The number of likely N-dealkylation sites (N-methyl/N-ethyl adjacent to an activating group) is 2. The predicted molar refractivity (Wildman–Crippen MR) is 205 cm³/mol. The predicted octanol–water partition coefficient (Wildman–Crippen LogP) is 3.45. The number of carboxylic acids is 1. The summed E-state index contributed by atoms with van der Waals surface area (Å²) in [6, 6.07) is 5.89. The summed E-state index contributed by atoms with van der Waals surface area (Å²) in [7, 11) is 8.44. The van der Waals surface area contributed by atoms with E-state index in [0.717, 1.165) is 12.0 Å². The number of hydrogen-bond acceptors (Lipinski definition) is 8. The Morgan fingerprint density at radius 1 is 0.906 bits per heavy atom. The molecule has 1 saturated heterocycles. The Morgan fingerprint density at radius 2 is 1.53 bits per heavy atom. The van der Waals surface area contributed by atoms with Gasteiger partial charge in [0.15, 0.2) is 0 Å². The second kappa shape index (κ2) is 21.4. The number of hydrogen-bond donors (Lipinski definition) is 3.